The summed E-state index contributed by atoms with van der Waals surface area (Å²) < 4.78 is 8.40. The van der Waals surface area contributed by atoms with E-state index in [-0.39, 0.29) is 0 Å². The third kappa shape index (κ3) is 3.62. The number of benzene rings is 5. The summed E-state index contributed by atoms with van der Waals surface area (Å²) >= 11 is 0. The van der Waals surface area contributed by atoms with E-state index in [4.69, 9.17) is 19.7 Å². The van der Waals surface area contributed by atoms with Crippen LogP contribution < -0.4 is 9.64 Å². The monoisotopic (exact) mass is 554 g/mol. The molecule has 0 amide bonds. The van der Waals surface area contributed by atoms with Gasteiger partial charge in [-0.25, -0.2) is 0 Å². The SMILES string of the molecule is c1ccc(-c2nc(N3c4ccccc4Oc4ccccc43)nc(-n3c4ccccc4c4c5ccccc5ccc43)n2)nc1. The molecule has 1 aliphatic heterocycles. The molecule has 0 saturated heterocycles. The summed E-state index contributed by atoms with van der Waals surface area (Å²) in [6.45, 7) is 0. The molecular weight excluding hydrogens is 532 g/mol. The Labute approximate surface area is 246 Å². The van der Waals surface area contributed by atoms with Gasteiger partial charge in [0.1, 0.15) is 5.69 Å². The average molecular weight is 555 g/mol. The number of hydrogen-bond donors (Lipinski definition) is 0. The van der Waals surface area contributed by atoms with E-state index in [1.807, 2.05) is 71.6 Å². The van der Waals surface area contributed by atoms with Crippen LogP contribution >= 0.6 is 0 Å². The Morgan fingerprint density at radius 3 is 1.98 bits per heavy atom. The number of aromatic nitrogens is 5. The van der Waals surface area contributed by atoms with Gasteiger partial charge in [-0.2, -0.15) is 15.0 Å². The van der Waals surface area contributed by atoms with Gasteiger partial charge in [-0.1, -0.05) is 78.9 Å². The van der Waals surface area contributed by atoms with Crippen LogP contribution in [-0.4, -0.2) is 24.5 Å². The smallest absolute Gasteiger partial charge is 0.240 e. The highest BCUT2D eigenvalue weighted by Gasteiger charge is 2.29. The minimum atomic E-state index is 0.473. The summed E-state index contributed by atoms with van der Waals surface area (Å²) in [5, 5.41) is 4.67. The van der Waals surface area contributed by atoms with Gasteiger partial charge in [0.25, 0.3) is 0 Å². The predicted octanol–water partition coefficient (Wildman–Crippen LogP) is 8.76. The fourth-order valence-electron chi connectivity index (χ4n) is 6.04. The van der Waals surface area contributed by atoms with Crippen molar-refractivity contribution in [3.8, 4) is 29.0 Å². The van der Waals surface area contributed by atoms with Crippen LogP contribution in [0.5, 0.6) is 11.5 Å². The molecule has 8 aromatic rings. The van der Waals surface area contributed by atoms with Crippen LogP contribution in [-0.2, 0) is 0 Å². The maximum Gasteiger partial charge on any atom is 0.240 e. The van der Waals surface area contributed by atoms with Gasteiger partial charge in [0.05, 0.1) is 22.4 Å². The first-order chi connectivity index (χ1) is 21.3. The van der Waals surface area contributed by atoms with Crippen molar-refractivity contribution in [2.45, 2.75) is 0 Å². The molecule has 1 aliphatic rings. The average Bonchev–Trinajstić information content (AvgIpc) is 3.42. The lowest BCUT2D eigenvalue weighted by Gasteiger charge is -2.31. The van der Waals surface area contributed by atoms with Crippen molar-refractivity contribution < 1.29 is 4.74 Å². The maximum absolute atomic E-state index is 6.27. The molecule has 0 spiro atoms. The van der Waals surface area contributed by atoms with E-state index in [1.165, 1.54) is 10.8 Å². The number of hydrogen-bond acceptors (Lipinski definition) is 6. The van der Waals surface area contributed by atoms with Gasteiger partial charge >= 0.3 is 0 Å². The van der Waals surface area contributed by atoms with Gasteiger partial charge in [-0.05, 0) is 59.3 Å². The normalized spacial score (nSPS) is 12.3. The first kappa shape index (κ1) is 23.6. The van der Waals surface area contributed by atoms with Crippen LogP contribution in [0.1, 0.15) is 0 Å². The highest BCUT2D eigenvalue weighted by atomic mass is 16.5. The van der Waals surface area contributed by atoms with Crippen LogP contribution in [0.4, 0.5) is 17.3 Å². The van der Waals surface area contributed by atoms with Crippen molar-refractivity contribution in [3.05, 3.63) is 134 Å². The zero-order chi connectivity index (χ0) is 28.3. The molecule has 5 aromatic carbocycles. The van der Waals surface area contributed by atoms with Crippen LogP contribution in [0, 0.1) is 0 Å². The Morgan fingerprint density at radius 2 is 1.19 bits per heavy atom. The maximum atomic E-state index is 6.27. The van der Waals surface area contributed by atoms with Crippen LogP contribution in [0.3, 0.4) is 0 Å². The second-order valence-electron chi connectivity index (χ2n) is 10.4. The van der Waals surface area contributed by atoms with Gasteiger partial charge in [0, 0.05) is 17.0 Å². The molecule has 9 rings (SSSR count). The number of ether oxygens (including phenoxy) is 1. The summed E-state index contributed by atoms with van der Waals surface area (Å²) in [4.78, 5) is 21.9. The van der Waals surface area contributed by atoms with Gasteiger partial charge < -0.3 is 4.74 Å². The summed E-state index contributed by atoms with van der Waals surface area (Å²) in [7, 11) is 0. The topological polar surface area (TPSA) is 69.0 Å². The quantitative estimate of drug-likeness (QED) is 0.217. The molecule has 0 aliphatic carbocycles. The van der Waals surface area contributed by atoms with Crippen LogP contribution in [0.15, 0.2) is 134 Å². The van der Waals surface area contributed by atoms with Gasteiger partial charge in [0.2, 0.25) is 11.9 Å². The molecule has 0 radical (unpaired) electrons. The number of pyridine rings is 1. The van der Waals surface area contributed by atoms with E-state index in [0.717, 1.165) is 44.7 Å². The standard InChI is InChI=1S/C36H22N6O/c1-2-12-24-23(11-1)20-21-30-33(24)25-13-3-4-15-27(25)41(30)35-38-34(26-14-9-10-22-37-26)39-36(40-35)42-28-16-5-7-18-31(28)43-32-19-8-6-17-29(32)42/h1-22H. The Morgan fingerprint density at radius 1 is 0.512 bits per heavy atom. The molecule has 0 bridgehead atoms. The Bertz CT molecular complexity index is 2300. The Kier molecular flexibility index (Phi) is 5.06. The van der Waals surface area contributed by atoms with Crippen molar-refractivity contribution in [1.82, 2.24) is 24.5 Å². The highest BCUT2D eigenvalue weighted by Crippen LogP contribution is 2.49. The largest absolute Gasteiger partial charge is 0.453 e. The number of rotatable bonds is 3. The van der Waals surface area contributed by atoms with E-state index in [0.29, 0.717) is 23.4 Å². The van der Waals surface area contributed by atoms with Crippen LogP contribution in [0.2, 0.25) is 0 Å². The van der Waals surface area contributed by atoms with E-state index < -0.39 is 0 Å². The molecule has 0 unspecified atom stereocenters. The second-order valence-corrected chi connectivity index (χ2v) is 10.4. The van der Waals surface area contributed by atoms with E-state index in [1.54, 1.807) is 6.20 Å². The van der Waals surface area contributed by atoms with E-state index in [9.17, 15) is 0 Å². The van der Waals surface area contributed by atoms with Gasteiger partial charge in [-0.15, -0.1) is 0 Å². The van der Waals surface area contributed by atoms with Crippen molar-refractivity contribution in [2.75, 3.05) is 4.90 Å². The van der Waals surface area contributed by atoms with Gasteiger partial charge in [0.15, 0.2) is 17.3 Å². The second kappa shape index (κ2) is 9.22. The number of fused-ring (bicyclic) bond motifs is 7. The number of anilines is 3. The van der Waals surface area contributed by atoms with Gasteiger partial charge in [-0.3, -0.25) is 14.5 Å². The molecule has 43 heavy (non-hydrogen) atoms. The summed E-state index contributed by atoms with van der Waals surface area (Å²) in [6, 6.07) is 42.8. The Balaban J connectivity index is 1.38. The lowest BCUT2D eigenvalue weighted by molar-refractivity contribution is 0.476. The first-order valence-corrected chi connectivity index (χ1v) is 14.1. The third-order valence-electron chi connectivity index (χ3n) is 7.90. The summed E-state index contributed by atoms with van der Waals surface area (Å²) in [5.74, 6) is 2.92. The molecule has 7 heteroatoms. The fourth-order valence-corrected chi connectivity index (χ4v) is 6.04. The number of nitrogens with zero attached hydrogens (tertiary/aromatic N) is 6. The molecule has 4 heterocycles. The molecular formula is C36H22N6O. The number of para-hydroxylation sites is 5. The molecule has 0 fully saturated rings. The first-order valence-electron chi connectivity index (χ1n) is 14.1. The fraction of sp³-hybridized carbons (Fsp3) is 0. The lowest BCUT2D eigenvalue weighted by Crippen LogP contribution is -2.20. The highest BCUT2D eigenvalue weighted by molar-refractivity contribution is 6.21. The van der Waals surface area contributed by atoms with Crippen molar-refractivity contribution in [2.24, 2.45) is 0 Å². The van der Waals surface area contributed by atoms with E-state index in [2.05, 4.69) is 70.2 Å². The van der Waals surface area contributed by atoms with Crippen LogP contribution in [0.25, 0.3) is 50.0 Å². The molecule has 202 valence electrons. The lowest BCUT2D eigenvalue weighted by atomic mass is 10.0. The zero-order valence-corrected chi connectivity index (χ0v) is 22.8. The predicted molar refractivity (Wildman–Crippen MR) is 170 cm³/mol. The molecule has 0 atom stereocenters. The molecule has 7 nitrogen and oxygen atoms in total. The molecule has 3 aromatic heterocycles. The Hall–Kier alpha value is -6.08. The van der Waals surface area contributed by atoms with Crippen molar-refractivity contribution in [3.63, 3.8) is 0 Å². The molecule has 0 N–H and O–H groups in total. The third-order valence-corrected chi connectivity index (χ3v) is 7.90. The molecule has 0 saturated carbocycles. The summed E-state index contributed by atoms with van der Waals surface area (Å²) in [6.07, 6.45) is 1.75. The van der Waals surface area contributed by atoms with Crippen molar-refractivity contribution >= 4 is 49.9 Å². The van der Waals surface area contributed by atoms with E-state index >= 15 is 0 Å². The van der Waals surface area contributed by atoms with Crippen molar-refractivity contribution in [1.29, 1.82) is 0 Å². The zero-order valence-electron chi connectivity index (χ0n) is 22.8. The minimum Gasteiger partial charge on any atom is -0.453 e. The minimum absolute atomic E-state index is 0.473. The summed E-state index contributed by atoms with van der Waals surface area (Å²) in [5.41, 5.74) is 4.39.